The van der Waals surface area contributed by atoms with E-state index in [1.165, 1.54) is 19.3 Å². The summed E-state index contributed by atoms with van der Waals surface area (Å²) in [7, 11) is 1.85. The number of nitrogens with zero attached hydrogens (tertiary/aromatic N) is 2. The van der Waals surface area contributed by atoms with E-state index in [0.29, 0.717) is 17.6 Å². The van der Waals surface area contributed by atoms with Gasteiger partial charge in [0.25, 0.3) is 0 Å². The van der Waals surface area contributed by atoms with Gasteiger partial charge in [0, 0.05) is 49.0 Å². The maximum Gasteiger partial charge on any atom is 0.191 e. The van der Waals surface area contributed by atoms with E-state index in [4.69, 9.17) is 4.74 Å². The smallest absolute Gasteiger partial charge is 0.191 e. The third kappa shape index (κ3) is 3.89. The van der Waals surface area contributed by atoms with Crippen molar-refractivity contribution < 1.29 is 4.74 Å². The van der Waals surface area contributed by atoms with Crippen molar-refractivity contribution >= 4 is 29.1 Å². The number of thiazole rings is 1. The molecule has 7 heteroatoms. The van der Waals surface area contributed by atoms with Gasteiger partial charge >= 0.3 is 0 Å². The molecular weight excluding hydrogens is 340 g/mol. The van der Waals surface area contributed by atoms with E-state index >= 15 is 0 Å². The summed E-state index contributed by atoms with van der Waals surface area (Å²) in [5.41, 5.74) is 0.369. The molecule has 2 aliphatic carbocycles. The van der Waals surface area contributed by atoms with Gasteiger partial charge in [0.1, 0.15) is 4.34 Å². The van der Waals surface area contributed by atoms with E-state index < -0.39 is 0 Å². The van der Waals surface area contributed by atoms with Crippen LogP contribution in [0.5, 0.6) is 0 Å². The van der Waals surface area contributed by atoms with Crippen LogP contribution in [0.3, 0.4) is 0 Å². The van der Waals surface area contributed by atoms with Crippen LogP contribution >= 0.6 is 23.1 Å². The van der Waals surface area contributed by atoms with Gasteiger partial charge in [-0.2, -0.15) is 0 Å². The molecule has 2 unspecified atom stereocenters. The number of nitrogens with one attached hydrogen (secondary N) is 2. The van der Waals surface area contributed by atoms with Crippen LogP contribution in [0, 0.1) is 5.41 Å². The van der Waals surface area contributed by atoms with Crippen molar-refractivity contribution in [3.63, 3.8) is 0 Å². The molecule has 24 heavy (non-hydrogen) atoms. The van der Waals surface area contributed by atoms with E-state index in [-0.39, 0.29) is 0 Å². The monoisotopic (exact) mass is 368 g/mol. The van der Waals surface area contributed by atoms with Crippen LogP contribution in [0.4, 0.5) is 0 Å². The Kier molecular flexibility index (Phi) is 6.41. The molecule has 1 aromatic heterocycles. The first kappa shape index (κ1) is 18.0. The van der Waals surface area contributed by atoms with Gasteiger partial charge in [-0.1, -0.05) is 18.2 Å². The Morgan fingerprint density at radius 2 is 2.42 bits per heavy atom. The molecule has 2 saturated carbocycles. The number of ether oxygens (including phenoxy) is 1. The molecule has 2 atom stereocenters. The van der Waals surface area contributed by atoms with Crippen molar-refractivity contribution in [3.8, 4) is 0 Å². The van der Waals surface area contributed by atoms with E-state index in [1.54, 1.807) is 11.3 Å². The molecule has 0 radical (unpaired) electrons. The number of aromatic nitrogens is 1. The van der Waals surface area contributed by atoms with E-state index in [2.05, 4.69) is 27.5 Å². The minimum atomic E-state index is 0.369. The molecular formula is C17H28N4OS2. The van der Waals surface area contributed by atoms with Gasteiger partial charge in [-0.05, 0) is 32.6 Å². The number of hydrogen-bond acceptors (Lipinski definition) is 5. The zero-order valence-electron chi connectivity index (χ0n) is 14.6. The summed E-state index contributed by atoms with van der Waals surface area (Å²) < 4.78 is 7.08. The SMILES string of the molecule is CCOC1CC(NC(=NC)NCCCSc2nccs2)C12CCC2. The summed E-state index contributed by atoms with van der Waals surface area (Å²) >= 11 is 3.53. The van der Waals surface area contributed by atoms with Gasteiger partial charge in [-0.3, -0.25) is 4.99 Å². The molecule has 3 rings (SSSR count). The molecule has 1 aromatic rings. The zero-order chi connectivity index (χ0) is 16.8. The normalized spacial score (nSPS) is 25.2. The summed E-state index contributed by atoms with van der Waals surface area (Å²) in [4.78, 5) is 8.68. The minimum Gasteiger partial charge on any atom is -0.378 e. The first-order valence-corrected chi connectivity index (χ1v) is 10.8. The minimum absolute atomic E-state index is 0.369. The van der Waals surface area contributed by atoms with Crippen molar-refractivity contribution in [3.05, 3.63) is 11.6 Å². The van der Waals surface area contributed by atoms with E-state index in [0.717, 1.165) is 42.0 Å². The van der Waals surface area contributed by atoms with Crippen molar-refractivity contribution in [2.75, 3.05) is 26.0 Å². The van der Waals surface area contributed by atoms with Crippen molar-refractivity contribution in [1.82, 2.24) is 15.6 Å². The lowest BCUT2D eigenvalue weighted by atomic mass is 9.51. The van der Waals surface area contributed by atoms with E-state index in [9.17, 15) is 0 Å². The Hall–Kier alpha value is -0.790. The number of thioether (sulfide) groups is 1. The molecule has 1 heterocycles. The highest BCUT2D eigenvalue weighted by Gasteiger charge is 2.59. The van der Waals surface area contributed by atoms with Gasteiger partial charge in [0.05, 0.1) is 6.10 Å². The van der Waals surface area contributed by atoms with Crippen molar-refractivity contribution in [1.29, 1.82) is 0 Å². The topological polar surface area (TPSA) is 58.5 Å². The molecule has 0 aliphatic heterocycles. The van der Waals surface area contributed by atoms with Crippen LogP contribution in [-0.4, -0.2) is 49.0 Å². The second-order valence-electron chi connectivity index (χ2n) is 6.46. The summed E-state index contributed by atoms with van der Waals surface area (Å²) in [5.74, 6) is 2.01. The Morgan fingerprint density at radius 3 is 3.04 bits per heavy atom. The third-order valence-corrected chi connectivity index (χ3v) is 7.27. The summed E-state index contributed by atoms with van der Waals surface area (Å²) in [6.45, 7) is 3.85. The summed E-state index contributed by atoms with van der Waals surface area (Å²) in [5, 5.41) is 9.10. The second kappa shape index (κ2) is 8.54. The molecule has 0 saturated heterocycles. The molecule has 1 spiro atoms. The summed E-state index contributed by atoms with van der Waals surface area (Å²) in [6.07, 6.45) is 8.43. The summed E-state index contributed by atoms with van der Waals surface area (Å²) in [6, 6.07) is 0.513. The standard InChI is InChI=1S/C17H28N4OS2/c1-3-22-14-12-13(17(14)6-4-7-17)21-15(18-2)19-8-5-10-23-16-20-9-11-24-16/h9,11,13-14H,3-8,10,12H2,1-2H3,(H2,18,19,21). The Labute approximate surface area is 153 Å². The lowest BCUT2D eigenvalue weighted by Crippen LogP contribution is -2.68. The molecule has 0 aromatic carbocycles. The van der Waals surface area contributed by atoms with Gasteiger partial charge in [-0.15, -0.1) is 11.3 Å². The molecule has 0 bridgehead atoms. The maximum absolute atomic E-state index is 5.92. The Balaban J connectivity index is 1.36. The quantitative estimate of drug-likeness (QED) is 0.319. The predicted molar refractivity (Wildman–Crippen MR) is 102 cm³/mol. The second-order valence-corrected chi connectivity index (χ2v) is 8.70. The fourth-order valence-corrected chi connectivity index (χ4v) is 5.37. The van der Waals surface area contributed by atoms with Gasteiger partial charge < -0.3 is 15.4 Å². The zero-order valence-corrected chi connectivity index (χ0v) is 16.2. The highest BCUT2D eigenvalue weighted by Crippen LogP contribution is 2.57. The van der Waals surface area contributed by atoms with Gasteiger partial charge in [-0.25, -0.2) is 4.98 Å². The molecule has 2 aliphatic rings. The molecule has 0 amide bonds. The van der Waals surface area contributed by atoms with Crippen molar-refractivity contribution in [2.45, 2.75) is 55.5 Å². The predicted octanol–water partition coefficient (Wildman–Crippen LogP) is 3.14. The fourth-order valence-electron chi connectivity index (χ4n) is 3.72. The molecule has 134 valence electrons. The maximum atomic E-state index is 5.92. The number of rotatable bonds is 8. The largest absolute Gasteiger partial charge is 0.378 e. The van der Waals surface area contributed by atoms with Gasteiger partial charge in [0.2, 0.25) is 0 Å². The first-order chi connectivity index (χ1) is 11.8. The number of hydrogen-bond donors (Lipinski definition) is 2. The van der Waals surface area contributed by atoms with E-state index in [1.807, 2.05) is 30.4 Å². The highest BCUT2D eigenvalue weighted by molar-refractivity contribution is 8.00. The first-order valence-electron chi connectivity index (χ1n) is 8.89. The van der Waals surface area contributed by atoms with Crippen LogP contribution in [0.2, 0.25) is 0 Å². The van der Waals surface area contributed by atoms with Crippen LogP contribution in [0.1, 0.15) is 39.0 Å². The van der Waals surface area contributed by atoms with Crippen molar-refractivity contribution in [2.24, 2.45) is 10.4 Å². The van der Waals surface area contributed by atoms with Crippen LogP contribution < -0.4 is 10.6 Å². The van der Waals surface area contributed by atoms with Crippen LogP contribution in [0.15, 0.2) is 20.9 Å². The van der Waals surface area contributed by atoms with Crippen LogP contribution in [-0.2, 0) is 4.74 Å². The third-order valence-electron chi connectivity index (χ3n) is 5.22. The average Bonchev–Trinajstić information content (AvgIpc) is 3.03. The highest BCUT2D eigenvalue weighted by atomic mass is 32.2. The Morgan fingerprint density at radius 1 is 1.54 bits per heavy atom. The van der Waals surface area contributed by atoms with Crippen LogP contribution in [0.25, 0.3) is 0 Å². The number of guanidine groups is 1. The lowest BCUT2D eigenvalue weighted by Gasteiger charge is -2.61. The van der Waals surface area contributed by atoms with Gasteiger partial charge in [0.15, 0.2) is 5.96 Å². The molecule has 5 nitrogen and oxygen atoms in total. The Bertz CT molecular complexity index is 531. The molecule has 2 fully saturated rings. The lowest BCUT2D eigenvalue weighted by molar-refractivity contribution is -0.168. The molecule has 2 N–H and O–H groups in total. The number of aliphatic imine (C=N–C) groups is 1. The average molecular weight is 369 g/mol. The fraction of sp³-hybridized carbons (Fsp3) is 0.765.